The molecule has 8 atom stereocenters. The normalized spacial score (nSPS) is 35.0. The topological polar surface area (TPSA) is 158 Å². The maximum Gasteiger partial charge on any atom is 0.402 e. The smallest absolute Gasteiger partial charge is 0.402 e. The lowest BCUT2D eigenvalue weighted by Crippen LogP contribution is -2.60. The molecule has 1 N–H and O–H groups in total. The van der Waals surface area contributed by atoms with Gasteiger partial charge in [0.25, 0.3) is 0 Å². The van der Waals surface area contributed by atoms with Crippen LogP contribution < -0.4 is 0 Å². The van der Waals surface area contributed by atoms with Gasteiger partial charge in [-0.15, -0.1) is 0 Å². The fourth-order valence-corrected chi connectivity index (χ4v) is 8.93. The summed E-state index contributed by atoms with van der Waals surface area (Å²) >= 11 is 0. The maximum atomic E-state index is 13.9. The van der Waals surface area contributed by atoms with Gasteiger partial charge in [0, 0.05) is 49.9 Å². The zero-order valence-electron chi connectivity index (χ0n) is 24.9. The molecule has 1 unspecified atom stereocenters. The van der Waals surface area contributed by atoms with E-state index in [0.29, 0.717) is 32.1 Å². The molecule has 13 heteroatoms. The van der Waals surface area contributed by atoms with E-state index in [9.17, 15) is 41.2 Å². The first-order chi connectivity index (χ1) is 19.9. The molecule has 0 saturated heterocycles. The van der Waals surface area contributed by atoms with Gasteiger partial charge in [-0.1, -0.05) is 20.8 Å². The average Bonchev–Trinajstić information content (AvgIpc) is 3.28. The van der Waals surface area contributed by atoms with Crippen LogP contribution in [0.4, 0.5) is 8.78 Å². The van der Waals surface area contributed by atoms with Crippen molar-refractivity contribution in [2.24, 2.45) is 46.3 Å². The Morgan fingerprint density at radius 1 is 1.02 bits per heavy atom. The molecule has 0 aromatic rings. The second kappa shape index (κ2) is 12.3. The molecule has 10 nitrogen and oxygen atoms in total. The summed E-state index contributed by atoms with van der Waals surface area (Å²) in [6, 6.07) is 0. The van der Waals surface area contributed by atoms with E-state index in [4.69, 9.17) is 9.29 Å². The van der Waals surface area contributed by atoms with Gasteiger partial charge < -0.3 is 9.47 Å². The van der Waals surface area contributed by atoms with Gasteiger partial charge in [-0.2, -0.15) is 17.2 Å². The molecule has 0 amide bonds. The van der Waals surface area contributed by atoms with Gasteiger partial charge in [0.05, 0.1) is 6.61 Å². The number of ether oxygens (including phenoxy) is 2. The first kappa shape index (κ1) is 33.6. The molecule has 0 aromatic heterocycles. The number of esters is 2. The molecule has 0 spiro atoms. The molecule has 242 valence electrons. The van der Waals surface area contributed by atoms with Crippen LogP contribution in [0.15, 0.2) is 0 Å². The van der Waals surface area contributed by atoms with Crippen molar-refractivity contribution in [3.8, 4) is 0 Å². The molecular formula is C30H42F2O10S. The average molecular weight is 633 g/mol. The van der Waals surface area contributed by atoms with Crippen LogP contribution in [0, 0.1) is 46.3 Å². The van der Waals surface area contributed by atoms with Gasteiger partial charge >= 0.3 is 27.3 Å². The summed E-state index contributed by atoms with van der Waals surface area (Å²) in [6.45, 7) is 4.20. The minimum Gasteiger partial charge on any atom is -0.466 e. The van der Waals surface area contributed by atoms with Crippen molar-refractivity contribution < 1.29 is 55.2 Å². The monoisotopic (exact) mass is 632 g/mol. The zero-order valence-corrected chi connectivity index (χ0v) is 25.8. The predicted molar refractivity (Wildman–Crippen MR) is 147 cm³/mol. The van der Waals surface area contributed by atoms with E-state index < -0.39 is 45.8 Å². The number of hydrogen-bond acceptors (Lipinski definition) is 9. The van der Waals surface area contributed by atoms with E-state index in [1.807, 2.05) is 13.8 Å². The van der Waals surface area contributed by atoms with Gasteiger partial charge in [0.1, 0.15) is 17.3 Å². The van der Waals surface area contributed by atoms with E-state index in [0.717, 1.165) is 19.3 Å². The van der Waals surface area contributed by atoms with Gasteiger partial charge in [0.2, 0.25) is 0 Å². The Kier molecular flexibility index (Phi) is 9.58. The largest absolute Gasteiger partial charge is 0.466 e. The lowest BCUT2D eigenvalue weighted by molar-refractivity contribution is -0.166. The summed E-state index contributed by atoms with van der Waals surface area (Å²) in [5.41, 5.74) is -0.834. The number of ketones is 3. The molecular weight excluding hydrogens is 590 g/mol. The highest BCUT2D eigenvalue weighted by molar-refractivity contribution is 7.86. The second-order valence-electron chi connectivity index (χ2n) is 13.6. The molecule has 0 aliphatic heterocycles. The highest BCUT2D eigenvalue weighted by Crippen LogP contribution is 2.66. The van der Waals surface area contributed by atoms with E-state index >= 15 is 0 Å². The van der Waals surface area contributed by atoms with Gasteiger partial charge in [-0.3, -0.25) is 28.5 Å². The summed E-state index contributed by atoms with van der Waals surface area (Å²) in [6.07, 6.45) is 4.12. The summed E-state index contributed by atoms with van der Waals surface area (Å²) in [5.74, 6) is -1.27. The number of fused-ring (bicyclic) bond motifs is 5. The molecule has 0 bridgehead atoms. The third-order valence-electron chi connectivity index (χ3n) is 11.3. The standard InChI is InChI=1S/C30H42F2O10S/c1-17(6-9-26(37)41-12-4-5-25(36)42-16-30(31,32)43(38,39)40)20-7-8-21-27-22(15-24(35)29(20,21)3)28(2)11-10-19(33)13-18(28)14-23(27)34/h17-18,20-22,27H,4-16H2,1-3H3,(H,38,39,40)/t17-,18?,20-,21+,22+,27+,28+,29-/m1/s1. The summed E-state index contributed by atoms with van der Waals surface area (Å²) < 4.78 is 65.1. The van der Waals surface area contributed by atoms with Crippen molar-refractivity contribution >= 4 is 39.4 Å². The fourth-order valence-electron chi connectivity index (χ4n) is 8.72. The van der Waals surface area contributed by atoms with E-state index in [-0.39, 0.29) is 77.7 Å². The van der Waals surface area contributed by atoms with Crippen molar-refractivity contribution in [1.82, 2.24) is 0 Å². The Labute approximate surface area is 250 Å². The highest BCUT2D eigenvalue weighted by atomic mass is 32.2. The van der Waals surface area contributed by atoms with Crippen LogP contribution in [0.25, 0.3) is 0 Å². The van der Waals surface area contributed by atoms with Gasteiger partial charge in [-0.25, -0.2) is 0 Å². The van der Waals surface area contributed by atoms with Crippen LogP contribution in [0.2, 0.25) is 0 Å². The molecule has 0 heterocycles. The third kappa shape index (κ3) is 6.43. The quantitative estimate of drug-likeness (QED) is 0.197. The van der Waals surface area contributed by atoms with Crippen molar-refractivity contribution in [2.75, 3.05) is 13.2 Å². The van der Waals surface area contributed by atoms with Crippen LogP contribution in [-0.2, 0) is 43.6 Å². The highest BCUT2D eigenvalue weighted by Gasteiger charge is 2.66. The molecule has 0 aromatic carbocycles. The maximum absolute atomic E-state index is 13.9. The SMILES string of the molecule is C[C@H](CCC(=O)OCCCC(=O)OCC(F)(F)S(=O)(=O)O)[C@H]1CC[C@H]2[C@@H]3C(=O)CC4CC(=O)CC[C@]4(C)[C@H]3CC(=O)[C@]12C. The number of hydrogen-bond donors (Lipinski definition) is 1. The minimum absolute atomic E-state index is 0.0110. The van der Waals surface area contributed by atoms with Gasteiger partial charge in [0.15, 0.2) is 6.61 Å². The minimum atomic E-state index is -5.71. The summed E-state index contributed by atoms with van der Waals surface area (Å²) in [5, 5.41) is -4.61. The molecule has 4 saturated carbocycles. The molecule has 4 rings (SSSR count). The van der Waals surface area contributed by atoms with E-state index in [2.05, 4.69) is 11.7 Å². The molecule has 43 heavy (non-hydrogen) atoms. The van der Waals surface area contributed by atoms with Crippen LogP contribution in [0.5, 0.6) is 0 Å². The lowest BCUT2D eigenvalue weighted by Gasteiger charge is -2.58. The summed E-state index contributed by atoms with van der Waals surface area (Å²) in [4.78, 5) is 63.5. The van der Waals surface area contributed by atoms with Crippen molar-refractivity contribution in [3.63, 3.8) is 0 Å². The third-order valence-corrected chi connectivity index (χ3v) is 12.1. The van der Waals surface area contributed by atoms with Crippen molar-refractivity contribution in [3.05, 3.63) is 0 Å². The fraction of sp³-hybridized carbons (Fsp3) is 0.833. The predicted octanol–water partition coefficient (Wildman–Crippen LogP) is 4.34. The summed E-state index contributed by atoms with van der Waals surface area (Å²) in [7, 11) is -5.71. The first-order valence-corrected chi connectivity index (χ1v) is 16.6. The van der Waals surface area contributed by atoms with Crippen LogP contribution in [0.1, 0.15) is 91.4 Å². The lowest BCUT2D eigenvalue weighted by atomic mass is 9.44. The van der Waals surface area contributed by atoms with Crippen LogP contribution >= 0.6 is 0 Å². The first-order valence-electron chi connectivity index (χ1n) is 15.2. The number of carbonyl (C=O) groups is 5. The van der Waals surface area contributed by atoms with E-state index in [1.54, 1.807) is 0 Å². The zero-order chi connectivity index (χ0) is 32.0. The Morgan fingerprint density at radius 3 is 2.37 bits per heavy atom. The Balaban J connectivity index is 1.26. The molecule has 4 aliphatic rings. The number of carbonyl (C=O) groups excluding carboxylic acids is 5. The number of alkyl halides is 2. The molecule has 0 radical (unpaired) electrons. The molecule has 4 fully saturated rings. The number of rotatable bonds is 11. The Hall–Kier alpha value is -2.28. The second-order valence-corrected chi connectivity index (χ2v) is 15.1. The molecule has 4 aliphatic carbocycles. The number of halogens is 2. The van der Waals surface area contributed by atoms with E-state index in [1.165, 1.54) is 0 Å². The van der Waals surface area contributed by atoms with Crippen molar-refractivity contribution in [2.45, 2.75) is 96.7 Å². The Morgan fingerprint density at radius 2 is 1.70 bits per heavy atom. The van der Waals surface area contributed by atoms with Crippen LogP contribution in [-0.4, -0.2) is 60.7 Å². The van der Waals surface area contributed by atoms with Crippen LogP contribution in [0.3, 0.4) is 0 Å². The number of Topliss-reactive ketones (excluding diaryl/α,β-unsaturated/α-hetero) is 3. The van der Waals surface area contributed by atoms with Crippen molar-refractivity contribution in [1.29, 1.82) is 0 Å². The Bertz CT molecular complexity index is 1270. The van der Waals surface area contributed by atoms with Gasteiger partial charge in [-0.05, 0) is 67.1 Å².